The van der Waals surface area contributed by atoms with Gasteiger partial charge in [0.2, 0.25) is 5.91 Å². The summed E-state index contributed by atoms with van der Waals surface area (Å²) in [6, 6.07) is 6.18. The highest BCUT2D eigenvalue weighted by Gasteiger charge is 2.07. The van der Waals surface area contributed by atoms with Crippen LogP contribution in [-0.4, -0.2) is 30.9 Å². The van der Waals surface area contributed by atoms with E-state index >= 15 is 0 Å². The second-order valence-electron chi connectivity index (χ2n) is 3.66. The Morgan fingerprint density at radius 3 is 2.56 bits per heavy atom. The maximum absolute atomic E-state index is 12.7. The number of amides is 1. The van der Waals surface area contributed by atoms with Crippen LogP contribution < -0.4 is 5.32 Å². The molecule has 0 aromatic heterocycles. The second kappa shape index (κ2) is 6.23. The minimum Gasteiger partial charge on any atom is -0.340 e. The fourth-order valence-electron chi connectivity index (χ4n) is 1.32. The van der Waals surface area contributed by atoms with E-state index in [0.717, 1.165) is 12.1 Å². The Morgan fingerprint density at radius 2 is 2.00 bits per heavy atom. The van der Waals surface area contributed by atoms with Crippen LogP contribution in [0.15, 0.2) is 24.3 Å². The van der Waals surface area contributed by atoms with Crippen molar-refractivity contribution < 1.29 is 9.18 Å². The fraction of sp³-hybridized carbons (Fsp3) is 0.417. The summed E-state index contributed by atoms with van der Waals surface area (Å²) in [5.74, 6) is -0.225. The first kappa shape index (κ1) is 12.6. The number of halogens is 1. The molecule has 0 radical (unpaired) electrons. The van der Waals surface area contributed by atoms with Gasteiger partial charge in [0.15, 0.2) is 0 Å². The summed E-state index contributed by atoms with van der Waals surface area (Å²) in [5, 5.41) is 2.97. The van der Waals surface area contributed by atoms with Gasteiger partial charge >= 0.3 is 0 Å². The van der Waals surface area contributed by atoms with Crippen molar-refractivity contribution in [1.82, 2.24) is 10.2 Å². The molecule has 0 aliphatic rings. The number of nitrogens with zero attached hydrogens (tertiary/aromatic N) is 1. The highest BCUT2D eigenvalue weighted by atomic mass is 19.1. The van der Waals surface area contributed by atoms with Gasteiger partial charge in [-0.3, -0.25) is 4.79 Å². The van der Waals surface area contributed by atoms with Crippen molar-refractivity contribution >= 4 is 5.91 Å². The lowest BCUT2D eigenvalue weighted by Crippen LogP contribution is -2.35. The van der Waals surface area contributed by atoms with Crippen molar-refractivity contribution in [3.05, 3.63) is 35.6 Å². The number of hydrogen-bond donors (Lipinski definition) is 1. The minimum atomic E-state index is -0.259. The Hall–Kier alpha value is -1.42. The molecule has 0 aliphatic heterocycles. The number of likely N-dealkylation sites (N-methyl/N-ethyl adjacent to an activating group) is 2. The molecule has 1 aromatic carbocycles. The van der Waals surface area contributed by atoms with Gasteiger partial charge in [0.25, 0.3) is 0 Å². The van der Waals surface area contributed by atoms with Crippen LogP contribution in [-0.2, 0) is 11.3 Å². The average molecular weight is 224 g/mol. The largest absolute Gasteiger partial charge is 0.340 e. The summed E-state index contributed by atoms with van der Waals surface area (Å²) < 4.78 is 12.7. The van der Waals surface area contributed by atoms with Gasteiger partial charge in [-0.25, -0.2) is 4.39 Å². The smallest absolute Gasteiger partial charge is 0.236 e. The van der Waals surface area contributed by atoms with Gasteiger partial charge in [-0.1, -0.05) is 19.1 Å². The molecule has 3 nitrogen and oxygen atoms in total. The van der Waals surface area contributed by atoms with Crippen LogP contribution in [0.4, 0.5) is 4.39 Å². The lowest BCUT2D eigenvalue weighted by molar-refractivity contribution is -0.129. The Bertz CT molecular complexity index is 337. The summed E-state index contributed by atoms with van der Waals surface area (Å²) in [4.78, 5) is 13.2. The molecule has 88 valence electrons. The monoisotopic (exact) mass is 224 g/mol. The molecule has 1 aromatic rings. The third-order valence-corrected chi connectivity index (χ3v) is 2.28. The minimum absolute atomic E-state index is 0.0335. The second-order valence-corrected chi connectivity index (χ2v) is 3.66. The van der Waals surface area contributed by atoms with Gasteiger partial charge in [-0.15, -0.1) is 0 Å². The summed E-state index contributed by atoms with van der Waals surface area (Å²) in [7, 11) is 1.74. The van der Waals surface area contributed by atoms with Gasteiger partial charge in [-0.05, 0) is 24.2 Å². The molecule has 0 heterocycles. The first-order chi connectivity index (χ1) is 7.63. The maximum Gasteiger partial charge on any atom is 0.236 e. The number of hydrogen-bond acceptors (Lipinski definition) is 2. The number of nitrogens with one attached hydrogen (secondary N) is 1. The third kappa shape index (κ3) is 3.98. The zero-order valence-electron chi connectivity index (χ0n) is 9.66. The molecule has 1 amide bonds. The molecular weight excluding hydrogens is 207 g/mol. The summed E-state index contributed by atoms with van der Waals surface area (Å²) >= 11 is 0. The van der Waals surface area contributed by atoms with E-state index in [0.29, 0.717) is 13.1 Å². The first-order valence-electron chi connectivity index (χ1n) is 5.32. The average Bonchev–Trinajstić information content (AvgIpc) is 2.29. The van der Waals surface area contributed by atoms with E-state index in [4.69, 9.17) is 0 Å². The van der Waals surface area contributed by atoms with Gasteiger partial charge in [0.05, 0.1) is 6.54 Å². The van der Waals surface area contributed by atoms with Crippen LogP contribution in [0.5, 0.6) is 0 Å². The number of carbonyl (C=O) groups excluding carboxylic acids is 1. The van der Waals surface area contributed by atoms with Gasteiger partial charge in [-0.2, -0.15) is 0 Å². The third-order valence-electron chi connectivity index (χ3n) is 2.28. The molecule has 0 aliphatic carbocycles. The fourth-order valence-corrected chi connectivity index (χ4v) is 1.32. The van der Waals surface area contributed by atoms with Crippen molar-refractivity contribution in [1.29, 1.82) is 0 Å². The van der Waals surface area contributed by atoms with Crippen molar-refractivity contribution in [3.8, 4) is 0 Å². The Labute approximate surface area is 95.3 Å². The molecule has 0 spiro atoms. The quantitative estimate of drug-likeness (QED) is 0.819. The van der Waals surface area contributed by atoms with Crippen molar-refractivity contribution in [2.75, 3.05) is 20.1 Å². The molecule has 16 heavy (non-hydrogen) atoms. The van der Waals surface area contributed by atoms with Crippen LogP contribution in [0.25, 0.3) is 0 Å². The lowest BCUT2D eigenvalue weighted by Gasteiger charge is -2.17. The zero-order chi connectivity index (χ0) is 12.0. The molecule has 0 fully saturated rings. The maximum atomic E-state index is 12.7. The van der Waals surface area contributed by atoms with E-state index in [1.165, 1.54) is 12.1 Å². The van der Waals surface area contributed by atoms with E-state index < -0.39 is 0 Å². The van der Waals surface area contributed by atoms with Crippen LogP contribution in [0.1, 0.15) is 12.5 Å². The predicted octanol–water partition coefficient (Wildman–Crippen LogP) is 1.39. The molecule has 4 heteroatoms. The van der Waals surface area contributed by atoms with Gasteiger partial charge in [0.1, 0.15) is 5.82 Å². The Morgan fingerprint density at radius 1 is 1.38 bits per heavy atom. The number of carbonyl (C=O) groups is 1. The molecule has 0 bridgehead atoms. The highest BCUT2D eigenvalue weighted by molar-refractivity contribution is 5.77. The SMILES string of the molecule is CCNCC(=O)N(C)Cc1ccc(F)cc1. The number of rotatable bonds is 5. The molecular formula is C12H17FN2O. The molecule has 0 unspecified atom stereocenters. The standard InChI is InChI=1S/C12H17FN2O/c1-3-14-8-12(16)15(2)9-10-4-6-11(13)7-5-10/h4-7,14H,3,8-9H2,1-2H3. The van der Waals surface area contributed by atoms with Crippen LogP contribution in [0, 0.1) is 5.82 Å². The van der Waals surface area contributed by atoms with Gasteiger partial charge in [0, 0.05) is 13.6 Å². The number of benzene rings is 1. The van der Waals surface area contributed by atoms with E-state index in [2.05, 4.69) is 5.32 Å². The van der Waals surface area contributed by atoms with E-state index in [-0.39, 0.29) is 11.7 Å². The lowest BCUT2D eigenvalue weighted by atomic mass is 10.2. The van der Waals surface area contributed by atoms with E-state index in [1.807, 2.05) is 6.92 Å². The predicted molar refractivity (Wildman–Crippen MR) is 61.4 cm³/mol. The van der Waals surface area contributed by atoms with Crippen LogP contribution in [0.3, 0.4) is 0 Å². The molecule has 0 atom stereocenters. The first-order valence-corrected chi connectivity index (χ1v) is 5.32. The van der Waals surface area contributed by atoms with E-state index in [9.17, 15) is 9.18 Å². The molecule has 0 saturated carbocycles. The Balaban J connectivity index is 2.47. The van der Waals surface area contributed by atoms with Crippen molar-refractivity contribution in [2.24, 2.45) is 0 Å². The molecule has 0 saturated heterocycles. The highest BCUT2D eigenvalue weighted by Crippen LogP contribution is 2.05. The van der Waals surface area contributed by atoms with Crippen molar-refractivity contribution in [3.63, 3.8) is 0 Å². The summed E-state index contributed by atoms with van der Waals surface area (Å²) in [6.45, 7) is 3.57. The summed E-state index contributed by atoms with van der Waals surface area (Å²) in [6.07, 6.45) is 0. The van der Waals surface area contributed by atoms with E-state index in [1.54, 1.807) is 24.1 Å². The normalized spacial score (nSPS) is 10.2. The molecule has 1 rings (SSSR count). The van der Waals surface area contributed by atoms with Gasteiger partial charge < -0.3 is 10.2 Å². The Kier molecular flexibility index (Phi) is 4.92. The van der Waals surface area contributed by atoms with Crippen molar-refractivity contribution in [2.45, 2.75) is 13.5 Å². The zero-order valence-corrected chi connectivity index (χ0v) is 9.66. The van der Waals surface area contributed by atoms with Crippen LogP contribution in [0.2, 0.25) is 0 Å². The molecule has 1 N–H and O–H groups in total. The topological polar surface area (TPSA) is 32.3 Å². The van der Waals surface area contributed by atoms with Crippen LogP contribution >= 0.6 is 0 Å². The summed E-state index contributed by atoms with van der Waals surface area (Å²) in [5.41, 5.74) is 0.925.